The smallest absolute Gasteiger partial charge is 0.364 e. The van der Waals surface area contributed by atoms with Crippen LogP contribution in [0.5, 0.6) is 0 Å². The van der Waals surface area contributed by atoms with E-state index in [4.69, 9.17) is 28.4 Å². The molecule has 0 spiro atoms. The summed E-state index contributed by atoms with van der Waals surface area (Å²) in [6.07, 6.45) is -20.0. The number of amides is 1. The first kappa shape index (κ1) is 38.1. The van der Waals surface area contributed by atoms with Crippen molar-refractivity contribution < 1.29 is 89.1 Å². The van der Waals surface area contributed by atoms with Crippen LogP contribution in [0.25, 0.3) is 0 Å². The van der Waals surface area contributed by atoms with Gasteiger partial charge in [0.05, 0.1) is 32.0 Å². The van der Waals surface area contributed by atoms with Gasteiger partial charge in [0, 0.05) is 25.0 Å². The van der Waals surface area contributed by atoms with Gasteiger partial charge in [-0.15, -0.1) is 0 Å². The average molecular weight is 678 g/mol. The number of carboxylic acids is 1. The predicted octanol–water partition coefficient (Wildman–Crippen LogP) is -6.03. The zero-order valence-corrected chi connectivity index (χ0v) is 25.3. The van der Waals surface area contributed by atoms with Gasteiger partial charge in [-0.2, -0.15) is 12.6 Å². The lowest BCUT2D eigenvalue weighted by molar-refractivity contribution is -0.436. The van der Waals surface area contributed by atoms with E-state index in [0.29, 0.717) is 0 Å². The Morgan fingerprint density at radius 1 is 1.11 bits per heavy atom. The molecule has 15 unspecified atom stereocenters. The van der Waals surface area contributed by atoms with Crippen molar-refractivity contribution in [3.05, 3.63) is 0 Å². The fourth-order valence-electron chi connectivity index (χ4n) is 5.40. The summed E-state index contributed by atoms with van der Waals surface area (Å²) in [6, 6.07) is -1.23. The van der Waals surface area contributed by atoms with Gasteiger partial charge in [-0.3, -0.25) is 4.79 Å². The first-order chi connectivity index (χ1) is 21.0. The number of thiol groups is 1. The van der Waals surface area contributed by atoms with Crippen LogP contribution < -0.4 is 5.32 Å². The quantitative estimate of drug-likeness (QED) is 0.0637. The molecule has 0 radical (unpaired) electrons. The van der Waals surface area contributed by atoms with E-state index in [1.54, 1.807) is 0 Å². The summed E-state index contributed by atoms with van der Waals surface area (Å²) in [4.78, 5) is 24.2. The number of carbonyl (C=O) groups is 2. The molecule has 19 nitrogen and oxygen atoms in total. The molecular weight excluding hydrogens is 634 g/mol. The van der Waals surface area contributed by atoms with Crippen molar-refractivity contribution in [3.8, 4) is 0 Å². The molecular formula is C25H43NO18S. The number of rotatable bonds is 13. The van der Waals surface area contributed by atoms with Gasteiger partial charge in [0.1, 0.15) is 55.4 Å². The van der Waals surface area contributed by atoms with E-state index in [-0.39, 0.29) is 12.4 Å². The topological polar surface area (TPSA) is 304 Å². The Labute approximate surface area is 262 Å². The monoisotopic (exact) mass is 677 g/mol. The molecule has 45 heavy (non-hydrogen) atoms. The van der Waals surface area contributed by atoms with Crippen LogP contribution in [0.4, 0.5) is 0 Å². The number of aliphatic carboxylic acids is 1. The summed E-state index contributed by atoms with van der Waals surface area (Å²) in [5.41, 5.74) is 0. The summed E-state index contributed by atoms with van der Waals surface area (Å²) in [5, 5.41) is 106. The average Bonchev–Trinajstić information content (AvgIpc) is 2.99. The van der Waals surface area contributed by atoms with Gasteiger partial charge in [-0.1, -0.05) is 6.92 Å². The van der Waals surface area contributed by atoms with Gasteiger partial charge < -0.3 is 84.8 Å². The van der Waals surface area contributed by atoms with E-state index < -0.39 is 129 Å². The second-order valence-electron chi connectivity index (χ2n) is 11.2. The maximum Gasteiger partial charge on any atom is 0.364 e. The normalized spacial score (nSPS) is 43.8. The molecule has 3 aliphatic heterocycles. The first-order valence-corrected chi connectivity index (χ1v) is 14.7. The van der Waals surface area contributed by atoms with Crippen molar-refractivity contribution in [2.24, 2.45) is 5.92 Å². The van der Waals surface area contributed by atoms with Crippen molar-refractivity contribution >= 4 is 24.5 Å². The zero-order valence-electron chi connectivity index (χ0n) is 24.4. The Hall–Kier alpha value is -1.31. The number of carboxylic acid groups (broad SMARTS) is 1. The fourth-order valence-corrected chi connectivity index (χ4v) is 5.50. The Kier molecular flexibility index (Phi) is 13.3. The molecule has 0 aromatic rings. The predicted molar refractivity (Wildman–Crippen MR) is 146 cm³/mol. The van der Waals surface area contributed by atoms with Crippen LogP contribution in [0.1, 0.15) is 20.3 Å². The molecule has 0 aromatic carbocycles. The first-order valence-electron chi connectivity index (χ1n) is 14.1. The molecule has 262 valence electrons. The minimum absolute atomic E-state index is 0.0503. The van der Waals surface area contributed by atoms with Crippen molar-refractivity contribution in [1.82, 2.24) is 5.32 Å². The molecule has 3 rings (SSSR count). The van der Waals surface area contributed by atoms with E-state index in [9.17, 15) is 60.7 Å². The maximum absolute atomic E-state index is 12.4. The second kappa shape index (κ2) is 15.7. The van der Waals surface area contributed by atoms with Crippen molar-refractivity contribution in [3.63, 3.8) is 0 Å². The Morgan fingerprint density at radius 2 is 1.78 bits per heavy atom. The standard InChI is InChI=1S/C25H43NO18S/c1-9-11(30)5-25(23(36)37,43-18(9)15(32)12(31)6-27)44-24(38)8-40-22(17(34)20(24)35)42-19-13(7-28)41-21(39-3-4-45)14(16(19)33)26-10(2)29/h9,11-22,27-28,30-35,38,45H,3-8H2,1-2H3,(H,26,29)(H,36,37). The van der Waals surface area contributed by atoms with E-state index in [1.165, 1.54) is 13.8 Å². The molecule has 3 saturated heterocycles. The SMILES string of the molecule is CC(=O)NC1C(OCCS)OC(CO)C(OC2OCC(O)(OC3(C(=O)O)CC(O)C(C)C(C(O)C(O)CO)O3)C(O)C2O)C1O. The largest absolute Gasteiger partial charge is 0.477 e. The van der Waals surface area contributed by atoms with Crippen molar-refractivity contribution in [1.29, 1.82) is 0 Å². The molecule has 0 bridgehead atoms. The van der Waals surface area contributed by atoms with Crippen LogP contribution in [0.3, 0.4) is 0 Å². The molecule has 1 amide bonds. The highest BCUT2D eigenvalue weighted by molar-refractivity contribution is 7.80. The van der Waals surface area contributed by atoms with Gasteiger partial charge in [0.15, 0.2) is 12.6 Å². The number of ether oxygens (including phenoxy) is 6. The highest BCUT2D eigenvalue weighted by atomic mass is 32.1. The highest BCUT2D eigenvalue weighted by Crippen LogP contribution is 2.41. The van der Waals surface area contributed by atoms with E-state index >= 15 is 0 Å². The van der Waals surface area contributed by atoms with Crippen LogP contribution in [0.15, 0.2) is 0 Å². The molecule has 15 atom stereocenters. The number of carbonyl (C=O) groups excluding carboxylic acids is 1. The van der Waals surface area contributed by atoms with Gasteiger partial charge in [-0.05, 0) is 0 Å². The van der Waals surface area contributed by atoms with Gasteiger partial charge in [0.25, 0.3) is 5.79 Å². The molecule has 3 heterocycles. The summed E-state index contributed by atoms with van der Waals surface area (Å²) < 4.78 is 32.9. The number of hydrogen-bond acceptors (Lipinski definition) is 18. The maximum atomic E-state index is 12.4. The van der Waals surface area contributed by atoms with E-state index in [0.717, 1.165) is 0 Å². The number of aliphatic hydroxyl groups is 9. The van der Waals surface area contributed by atoms with E-state index in [2.05, 4.69) is 17.9 Å². The van der Waals surface area contributed by atoms with Crippen LogP contribution in [-0.2, 0) is 38.0 Å². The number of nitrogens with one attached hydrogen (secondary N) is 1. The summed E-state index contributed by atoms with van der Waals surface area (Å²) >= 11 is 4.03. The Balaban J connectivity index is 1.81. The van der Waals surface area contributed by atoms with Gasteiger partial charge in [-0.25, -0.2) is 4.79 Å². The van der Waals surface area contributed by atoms with Gasteiger partial charge in [0.2, 0.25) is 11.7 Å². The molecule has 0 aromatic heterocycles. The zero-order chi connectivity index (χ0) is 33.9. The number of hydrogen-bond donors (Lipinski definition) is 12. The minimum Gasteiger partial charge on any atom is -0.477 e. The van der Waals surface area contributed by atoms with Crippen LogP contribution in [0.2, 0.25) is 0 Å². The second-order valence-corrected chi connectivity index (χ2v) is 11.7. The van der Waals surface area contributed by atoms with Crippen LogP contribution in [-0.4, -0.2) is 180 Å². The fraction of sp³-hybridized carbons (Fsp3) is 0.920. The summed E-state index contributed by atoms with van der Waals surface area (Å²) in [7, 11) is 0. The Bertz CT molecular complexity index is 998. The van der Waals surface area contributed by atoms with Crippen LogP contribution >= 0.6 is 12.6 Å². The Morgan fingerprint density at radius 3 is 2.33 bits per heavy atom. The van der Waals surface area contributed by atoms with Crippen molar-refractivity contribution in [2.45, 2.75) is 105 Å². The lowest BCUT2D eigenvalue weighted by Crippen LogP contribution is -2.70. The summed E-state index contributed by atoms with van der Waals surface area (Å²) in [5.74, 6) is -9.27. The number of aliphatic hydroxyl groups excluding tert-OH is 8. The third-order valence-electron chi connectivity index (χ3n) is 7.92. The molecule has 3 aliphatic rings. The summed E-state index contributed by atoms with van der Waals surface area (Å²) in [6.45, 7) is -0.204. The highest BCUT2D eigenvalue weighted by Gasteiger charge is 2.62. The third kappa shape index (κ3) is 8.23. The van der Waals surface area contributed by atoms with Crippen LogP contribution in [0, 0.1) is 5.92 Å². The molecule has 3 fully saturated rings. The molecule has 0 aliphatic carbocycles. The molecule has 20 heteroatoms. The van der Waals surface area contributed by atoms with E-state index in [1.807, 2.05) is 0 Å². The molecule has 11 N–H and O–H groups in total. The lowest BCUT2D eigenvalue weighted by atomic mass is 9.84. The minimum atomic E-state index is -3.05. The van der Waals surface area contributed by atoms with Gasteiger partial charge >= 0.3 is 5.97 Å². The van der Waals surface area contributed by atoms with Crippen molar-refractivity contribution in [2.75, 3.05) is 32.2 Å². The molecule has 0 saturated carbocycles. The third-order valence-corrected chi connectivity index (χ3v) is 8.10. The lowest BCUT2D eigenvalue weighted by Gasteiger charge is -2.51.